The Morgan fingerprint density at radius 2 is 1.75 bits per heavy atom. The fraction of sp³-hybridized carbons (Fsp3) is 0.562. The zero-order chi connectivity index (χ0) is 14.8. The van der Waals surface area contributed by atoms with Gasteiger partial charge in [-0.2, -0.15) is 0 Å². The van der Waals surface area contributed by atoms with E-state index in [1.165, 1.54) is 0 Å². The summed E-state index contributed by atoms with van der Waals surface area (Å²) < 4.78 is 11.4. The van der Waals surface area contributed by atoms with Crippen LogP contribution in [0.5, 0.6) is 11.5 Å². The molecule has 110 valence electrons. The number of aliphatic carboxylic acids is 1. The second kappa shape index (κ2) is 5.73. The van der Waals surface area contributed by atoms with Crippen molar-refractivity contribution in [3.05, 3.63) is 23.3 Å². The van der Waals surface area contributed by atoms with Crippen LogP contribution in [0.4, 0.5) is 0 Å². The Morgan fingerprint density at radius 3 is 2.25 bits per heavy atom. The van der Waals surface area contributed by atoms with E-state index >= 15 is 0 Å². The lowest BCUT2D eigenvalue weighted by atomic mass is 9.83. The lowest BCUT2D eigenvalue weighted by Crippen LogP contribution is -2.26. The minimum absolute atomic E-state index is 0.488. The summed E-state index contributed by atoms with van der Waals surface area (Å²) >= 11 is 0. The molecule has 1 aliphatic heterocycles. The third kappa shape index (κ3) is 3.06. The van der Waals surface area contributed by atoms with Gasteiger partial charge in [0, 0.05) is 6.42 Å². The van der Waals surface area contributed by atoms with Gasteiger partial charge >= 0.3 is 5.97 Å². The van der Waals surface area contributed by atoms with Crippen LogP contribution in [0.1, 0.15) is 38.3 Å². The molecule has 0 amide bonds. The number of carboxylic acids is 1. The second-order valence-corrected chi connectivity index (χ2v) is 5.84. The summed E-state index contributed by atoms with van der Waals surface area (Å²) in [7, 11) is 0. The average Bonchev–Trinajstić information content (AvgIpc) is 2.61. The first-order chi connectivity index (χ1) is 9.44. The summed E-state index contributed by atoms with van der Waals surface area (Å²) in [4.78, 5) is 11.3. The van der Waals surface area contributed by atoms with E-state index < -0.39 is 11.4 Å². The van der Waals surface area contributed by atoms with Crippen molar-refractivity contribution in [2.45, 2.75) is 40.0 Å². The lowest BCUT2D eigenvalue weighted by Gasteiger charge is -2.22. The van der Waals surface area contributed by atoms with Gasteiger partial charge in [0.1, 0.15) is 0 Å². The topological polar surface area (TPSA) is 55.8 Å². The normalized spacial score (nSPS) is 14.8. The molecule has 1 aliphatic rings. The number of hydrogen-bond acceptors (Lipinski definition) is 3. The number of hydrogen-bond donors (Lipinski definition) is 1. The highest BCUT2D eigenvalue weighted by atomic mass is 16.5. The third-order valence-corrected chi connectivity index (χ3v) is 3.66. The Labute approximate surface area is 119 Å². The average molecular weight is 278 g/mol. The van der Waals surface area contributed by atoms with E-state index in [9.17, 15) is 9.90 Å². The zero-order valence-electron chi connectivity index (χ0n) is 12.4. The molecule has 4 heteroatoms. The molecule has 0 fully saturated rings. The predicted molar refractivity (Wildman–Crippen MR) is 76.5 cm³/mol. The molecular weight excluding hydrogens is 256 g/mol. The van der Waals surface area contributed by atoms with Crippen LogP contribution in [-0.2, 0) is 17.6 Å². The van der Waals surface area contributed by atoms with Crippen LogP contribution >= 0.6 is 0 Å². The number of aryl methyl sites for hydroxylation is 1. The maximum Gasteiger partial charge on any atom is 0.309 e. The molecule has 2 rings (SSSR count). The van der Waals surface area contributed by atoms with Gasteiger partial charge in [-0.15, -0.1) is 0 Å². The quantitative estimate of drug-likeness (QED) is 0.919. The number of carboxylic acid groups (broad SMARTS) is 1. The monoisotopic (exact) mass is 278 g/mol. The van der Waals surface area contributed by atoms with Crippen molar-refractivity contribution in [2.24, 2.45) is 5.41 Å². The predicted octanol–water partition coefficient (Wildman–Crippen LogP) is 3.06. The Bertz CT molecular complexity index is 505. The summed E-state index contributed by atoms with van der Waals surface area (Å²) in [6, 6.07) is 3.94. The standard InChI is InChI=1S/C16H22O4/c1-4-11-8-13-14(20-7-5-6-19-13)9-12(11)10-16(2,3)15(17)18/h8-9H,4-7,10H2,1-3H3,(H,17,18). The van der Waals surface area contributed by atoms with Crippen molar-refractivity contribution in [3.63, 3.8) is 0 Å². The molecular formula is C16H22O4. The maximum absolute atomic E-state index is 11.3. The van der Waals surface area contributed by atoms with Gasteiger partial charge in [0.2, 0.25) is 0 Å². The lowest BCUT2D eigenvalue weighted by molar-refractivity contribution is -0.146. The van der Waals surface area contributed by atoms with Crippen molar-refractivity contribution in [1.82, 2.24) is 0 Å². The molecule has 0 saturated heterocycles. The van der Waals surface area contributed by atoms with E-state index in [1.807, 2.05) is 12.1 Å². The SMILES string of the molecule is CCc1cc2c(cc1CC(C)(C)C(=O)O)OCCCO2. The van der Waals surface area contributed by atoms with E-state index in [4.69, 9.17) is 9.47 Å². The number of rotatable bonds is 4. The molecule has 0 spiro atoms. The molecule has 0 bridgehead atoms. The highest BCUT2D eigenvalue weighted by Gasteiger charge is 2.29. The first kappa shape index (κ1) is 14.7. The summed E-state index contributed by atoms with van der Waals surface area (Å²) in [6.45, 7) is 6.86. The largest absolute Gasteiger partial charge is 0.490 e. The second-order valence-electron chi connectivity index (χ2n) is 5.84. The molecule has 4 nitrogen and oxygen atoms in total. The van der Waals surface area contributed by atoms with Crippen molar-refractivity contribution in [2.75, 3.05) is 13.2 Å². The Hall–Kier alpha value is -1.71. The molecule has 1 heterocycles. The Kier molecular flexibility index (Phi) is 4.21. The van der Waals surface area contributed by atoms with Crippen molar-refractivity contribution >= 4 is 5.97 Å². The van der Waals surface area contributed by atoms with Crippen molar-refractivity contribution in [3.8, 4) is 11.5 Å². The fourth-order valence-electron chi connectivity index (χ4n) is 2.34. The van der Waals surface area contributed by atoms with E-state index in [0.717, 1.165) is 35.5 Å². The summed E-state index contributed by atoms with van der Waals surface area (Å²) in [6.07, 6.45) is 2.20. The minimum atomic E-state index is -0.788. The van der Waals surface area contributed by atoms with Crippen LogP contribution in [-0.4, -0.2) is 24.3 Å². The number of fused-ring (bicyclic) bond motifs is 1. The van der Waals surface area contributed by atoms with Gasteiger partial charge in [-0.05, 0) is 49.9 Å². The Morgan fingerprint density at radius 1 is 1.20 bits per heavy atom. The number of ether oxygens (including phenoxy) is 2. The van der Waals surface area contributed by atoms with Gasteiger partial charge in [-0.3, -0.25) is 4.79 Å². The van der Waals surface area contributed by atoms with Gasteiger partial charge in [0.25, 0.3) is 0 Å². The molecule has 1 aromatic rings. The van der Waals surface area contributed by atoms with Crippen LogP contribution in [0.25, 0.3) is 0 Å². The molecule has 1 aromatic carbocycles. The first-order valence-corrected chi connectivity index (χ1v) is 7.09. The highest BCUT2D eigenvalue weighted by Crippen LogP contribution is 2.35. The number of carbonyl (C=O) groups is 1. The van der Waals surface area contributed by atoms with E-state index in [-0.39, 0.29) is 0 Å². The van der Waals surface area contributed by atoms with Gasteiger partial charge < -0.3 is 14.6 Å². The number of benzene rings is 1. The summed E-state index contributed by atoms with van der Waals surface area (Å²) in [5.74, 6) is 0.721. The molecule has 1 N–H and O–H groups in total. The molecule has 0 aromatic heterocycles. The molecule has 0 radical (unpaired) electrons. The van der Waals surface area contributed by atoms with E-state index in [1.54, 1.807) is 13.8 Å². The van der Waals surface area contributed by atoms with Crippen LogP contribution in [0, 0.1) is 5.41 Å². The molecule has 0 unspecified atom stereocenters. The minimum Gasteiger partial charge on any atom is -0.490 e. The maximum atomic E-state index is 11.3. The highest BCUT2D eigenvalue weighted by molar-refractivity contribution is 5.74. The molecule has 0 atom stereocenters. The van der Waals surface area contributed by atoms with Crippen LogP contribution < -0.4 is 9.47 Å². The molecule has 20 heavy (non-hydrogen) atoms. The van der Waals surface area contributed by atoms with Gasteiger partial charge in [-0.25, -0.2) is 0 Å². The zero-order valence-corrected chi connectivity index (χ0v) is 12.4. The van der Waals surface area contributed by atoms with E-state index in [0.29, 0.717) is 19.6 Å². The van der Waals surface area contributed by atoms with Gasteiger partial charge in [0.15, 0.2) is 11.5 Å². The van der Waals surface area contributed by atoms with Crippen LogP contribution in [0.3, 0.4) is 0 Å². The van der Waals surface area contributed by atoms with E-state index in [2.05, 4.69) is 6.92 Å². The fourth-order valence-corrected chi connectivity index (χ4v) is 2.34. The van der Waals surface area contributed by atoms with Crippen molar-refractivity contribution in [1.29, 1.82) is 0 Å². The van der Waals surface area contributed by atoms with Crippen LogP contribution in [0.15, 0.2) is 12.1 Å². The third-order valence-electron chi connectivity index (χ3n) is 3.66. The smallest absolute Gasteiger partial charge is 0.309 e. The molecule has 0 saturated carbocycles. The summed E-state index contributed by atoms with van der Waals surface area (Å²) in [5, 5.41) is 9.29. The Balaban J connectivity index is 2.37. The summed E-state index contributed by atoms with van der Waals surface area (Å²) in [5.41, 5.74) is 1.37. The molecule has 0 aliphatic carbocycles. The van der Waals surface area contributed by atoms with Gasteiger partial charge in [0.05, 0.1) is 18.6 Å². The van der Waals surface area contributed by atoms with Crippen LogP contribution in [0.2, 0.25) is 0 Å². The first-order valence-electron chi connectivity index (χ1n) is 7.09. The van der Waals surface area contributed by atoms with Crippen molar-refractivity contribution < 1.29 is 19.4 Å². The van der Waals surface area contributed by atoms with Gasteiger partial charge in [-0.1, -0.05) is 6.92 Å².